The highest BCUT2D eigenvalue weighted by Gasteiger charge is 2.31. The highest BCUT2D eigenvalue weighted by atomic mass is 19.4. The lowest BCUT2D eigenvalue weighted by molar-refractivity contribution is -0.137. The molecule has 0 aromatic heterocycles. The van der Waals surface area contributed by atoms with Gasteiger partial charge in [-0.1, -0.05) is 0 Å². The van der Waals surface area contributed by atoms with E-state index in [2.05, 4.69) is 5.32 Å². The number of rotatable bonds is 5. The first-order chi connectivity index (χ1) is 8.88. The number of hydrogen-bond acceptors (Lipinski definition) is 3. The first-order valence-corrected chi connectivity index (χ1v) is 5.84. The van der Waals surface area contributed by atoms with Crippen LogP contribution in [0, 0.1) is 11.3 Å². The van der Waals surface area contributed by atoms with Crippen molar-refractivity contribution in [1.82, 2.24) is 0 Å². The molecule has 104 valence electrons. The van der Waals surface area contributed by atoms with E-state index in [-0.39, 0.29) is 11.6 Å². The normalized spacial score (nSPS) is 12.8. The van der Waals surface area contributed by atoms with Crippen LogP contribution in [0.4, 0.5) is 18.9 Å². The molecule has 1 unspecified atom stereocenters. The Morgan fingerprint density at radius 3 is 2.63 bits per heavy atom. The van der Waals surface area contributed by atoms with Crippen LogP contribution in [-0.2, 0) is 10.9 Å². The maximum Gasteiger partial charge on any atom is 0.416 e. The highest BCUT2D eigenvalue weighted by Crippen LogP contribution is 2.31. The molecule has 1 aromatic carbocycles. The minimum Gasteiger partial charge on any atom is -0.380 e. The monoisotopic (exact) mass is 272 g/mol. The van der Waals surface area contributed by atoms with Gasteiger partial charge in [0.2, 0.25) is 0 Å². The summed E-state index contributed by atoms with van der Waals surface area (Å²) in [6.07, 6.45) is -4.44. The van der Waals surface area contributed by atoms with E-state index >= 15 is 0 Å². The van der Waals surface area contributed by atoms with E-state index in [1.54, 1.807) is 6.07 Å². The van der Waals surface area contributed by atoms with Gasteiger partial charge in [-0.25, -0.2) is 0 Å². The molecule has 0 heterocycles. The predicted octanol–water partition coefficient (Wildman–Crippen LogP) is 3.41. The van der Waals surface area contributed by atoms with E-state index in [1.807, 2.05) is 13.8 Å². The first kappa shape index (κ1) is 15.3. The van der Waals surface area contributed by atoms with Crippen molar-refractivity contribution in [3.05, 3.63) is 29.3 Å². The second kappa shape index (κ2) is 6.43. The van der Waals surface area contributed by atoms with Gasteiger partial charge in [0.25, 0.3) is 0 Å². The summed E-state index contributed by atoms with van der Waals surface area (Å²) in [6.45, 7) is 4.66. The van der Waals surface area contributed by atoms with E-state index in [1.165, 1.54) is 6.07 Å². The van der Waals surface area contributed by atoms with Crippen LogP contribution in [-0.4, -0.2) is 19.3 Å². The SMILES string of the molecule is CCOCC(C)Nc1ccc(C(F)(F)F)cc1C#N. The van der Waals surface area contributed by atoms with Crippen molar-refractivity contribution in [3.8, 4) is 6.07 Å². The van der Waals surface area contributed by atoms with Crippen LogP contribution >= 0.6 is 0 Å². The van der Waals surface area contributed by atoms with Gasteiger partial charge in [-0.05, 0) is 32.0 Å². The van der Waals surface area contributed by atoms with Gasteiger partial charge in [-0.15, -0.1) is 0 Å². The molecular weight excluding hydrogens is 257 g/mol. The summed E-state index contributed by atoms with van der Waals surface area (Å²) < 4.78 is 42.7. The minimum atomic E-state index is -4.44. The quantitative estimate of drug-likeness (QED) is 0.893. The van der Waals surface area contributed by atoms with E-state index in [0.717, 1.165) is 12.1 Å². The zero-order chi connectivity index (χ0) is 14.5. The van der Waals surface area contributed by atoms with Crippen LogP contribution < -0.4 is 5.32 Å². The Kier molecular flexibility index (Phi) is 5.19. The molecule has 0 bridgehead atoms. The van der Waals surface area contributed by atoms with Crippen LogP contribution in [0.1, 0.15) is 25.0 Å². The summed E-state index contributed by atoms with van der Waals surface area (Å²) in [5.41, 5.74) is -0.479. The molecule has 3 nitrogen and oxygen atoms in total. The molecule has 0 aliphatic heterocycles. The van der Waals surface area contributed by atoms with Crippen LogP contribution in [0.5, 0.6) is 0 Å². The maximum absolute atomic E-state index is 12.5. The molecule has 0 radical (unpaired) electrons. The average Bonchev–Trinajstić information content (AvgIpc) is 2.35. The molecule has 0 amide bonds. The number of alkyl halides is 3. The van der Waals surface area contributed by atoms with E-state index in [0.29, 0.717) is 18.9 Å². The predicted molar refractivity (Wildman–Crippen MR) is 65.7 cm³/mol. The molecule has 0 saturated heterocycles. The van der Waals surface area contributed by atoms with Crippen molar-refractivity contribution in [2.75, 3.05) is 18.5 Å². The standard InChI is InChI=1S/C13H15F3N2O/c1-3-19-8-9(2)18-12-5-4-11(13(14,15)16)6-10(12)7-17/h4-6,9,18H,3,8H2,1-2H3. The summed E-state index contributed by atoms with van der Waals surface area (Å²) in [4.78, 5) is 0. The number of hydrogen-bond donors (Lipinski definition) is 1. The van der Waals surface area contributed by atoms with Crippen LogP contribution in [0.25, 0.3) is 0 Å². The van der Waals surface area contributed by atoms with Gasteiger partial charge in [0.15, 0.2) is 0 Å². The maximum atomic E-state index is 12.5. The van der Waals surface area contributed by atoms with E-state index in [4.69, 9.17) is 10.00 Å². The van der Waals surface area contributed by atoms with Crippen molar-refractivity contribution in [1.29, 1.82) is 5.26 Å². The Morgan fingerprint density at radius 1 is 1.42 bits per heavy atom. The number of anilines is 1. The largest absolute Gasteiger partial charge is 0.416 e. The van der Waals surface area contributed by atoms with Crippen LogP contribution in [0.15, 0.2) is 18.2 Å². The summed E-state index contributed by atoms with van der Waals surface area (Å²) in [7, 11) is 0. The third kappa shape index (κ3) is 4.45. The van der Waals surface area contributed by atoms with Gasteiger partial charge in [0.1, 0.15) is 6.07 Å². The molecule has 0 aliphatic rings. The summed E-state index contributed by atoms with van der Waals surface area (Å²) >= 11 is 0. The highest BCUT2D eigenvalue weighted by molar-refractivity contribution is 5.59. The number of halogens is 3. The molecule has 19 heavy (non-hydrogen) atoms. The molecule has 6 heteroatoms. The fourth-order valence-corrected chi connectivity index (χ4v) is 1.54. The first-order valence-electron chi connectivity index (χ1n) is 5.84. The Hall–Kier alpha value is -1.74. The summed E-state index contributed by atoms with van der Waals surface area (Å²) in [5, 5.41) is 11.9. The average molecular weight is 272 g/mol. The van der Waals surface area contributed by atoms with Gasteiger partial charge in [0.05, 0.1) is 23.4 Å². The molecule has 0 saturated carbocycles. The second-order valence-corrected chi connectivity index (χ2v) is 4.07. The third-order valence-corrected chi connectivity index (χ3v) is 2.44. The lowest BCUT2D eigenvalue weighted by Crippen LogP contribution is -2.22. The second-order valence-electron chi connectivity index (χ2n) is 4.07. The van der Waals surface area contributed by atoms with E-state index < -0.39 is 11.7 Å². The van der Waals surface area contributed by atoms with Gasteiger partial charge in [-0.3, -0.25) is 0 Å². The molecule has 0 fully saturated rings. The minimum absolute atomic E-state index is 0.0295. The number of nitrogens with zero attached hydrogens (tertiary/aromatic N) is 1. The molecule has 1 rings (SSSR count). The molecule has 1 atom stereocenters. The Bertz CT molecular complexity index is 466. The number of nitriles is 1. The van der Waals surface area contributed by atoms with Crippen molar-refractivity contribution in [2.24, 2.45) is 0 Å². The smallest absolute Gasteiger partial charge is 0.380 e. The molecule has 0 spiro atoms. The Balaban J connectivity index is 2.89. The molecule has 1 aromatic rings. The van der Waals surface area contributed by atoms with Crippen molar-refractivity contribution < 1.29 is 17.9 Å². The van der Waals surface area contributed by atoms with E-state index in [9.17, 15) is 13.2 Å². The molecular formula is C13H15F3N2O. The van der Waals surface area contributed by atoms with Gasteiger partial charge >= 0.3 is 6.18 Å². The molecule has 1 N–H and O–H groups in total. The molecule has 0 aliphatic carbocycles. The zero-order valence-electron chi connectivity index (χ0n) is 10.7. The number of benzene rings is 1. The van der Waals surface area contributed by atoms with Crippen LogP contribution in [0.2, 0.25) is 0 Å². The lowest BCUT2D eigenvalue weighted by Gasteiger charge is -2.17. The van der Waals surface area contributed by atoms with Gasteiger partial charge in [-0.2, -0.15) is 18.4 Å². The van der Waals surface area contributed by atoms with Crippen LogP contribution in [0.3, 0.4) is 0 Å². The lowest BCUT2D eigenvalue weighted by atomic mass is 10.1. The van der Waals surface area contributed by atoms with Crippen molar-refractivity contribution >= 4 is 5.69 Å². The topological polar surface area (TPSA) is 45.0 Å². The van der Waals surface area contributed by atoms with Gasteiger partial charge < -0.3 is 10.1 Å². The fourth-order valence-electron chi connectivity index (χ4n) is 1.54. The van der Waals surface area contributed by atoms with Gasteiger partial charge in [0, 0.05) is 12.6 Å². The Morgan fingerprint density at radius 2 is 2.11 bits per heavy atom. The number of ether oxygens (including phenoxy) is 1. The summed E-state index contributed by atoms with van der Waals surface area (Å²) in [6, 6.07) is 4.74. The van der Waals surface area contributed by atoms with Crippen molar-refractivity contribution in [3.63, 3.8) is 0 Å². The summed E-state index contributed by atoms with van der Waals surface area (Å²) in [5.74, 6) is 0. The zero-order valence-corrected chi connectivity index (χ0v) is 10.7. The number of nitrogens with one attached hydrogen (secondary N) is 1. The van der Waals surface area contributed by atoms with Crippen molar-refractivity contribution in [2.45, 2.75) is 26.1 Å². The third-order valence-electron chi connectivity index (χ3n) is 2.44. The Labute approximate surface area is 110 Å². The fraction of sp³-hybridized carbons (Fsp3) is 0.462.